The second kappa shape index (κ2) is 7.43. The van der Waals surface area contributed by atoms with Crippen molar-refractivity contribution in [3.05, 3.63) is 58.3 Å². The van der Waals surface area contributed by atoms with Crippen LogP contribution in [0.25, 0.3) is 0 Å². The molecule has 0 aliphatic carbocycles. The van der Waals surface area contributed by atoms with Crippen molar-refractivity contribution in [2.45, 2.75) is 13.0 Å². The van der Waals surface area contributed by atoms with E-state index in [-0.39, 0.29) is 17.3 Å². The van der Waals surface area contributed by atoms with Crippen molar-refractivity contribution < 1.29 is 9.13 Å². The zero-order valence-electron chi connectivity index (χ0n) is 12.7. The van der Waals surface area contributed by atoms with E-state index < -0.39 is 0 Å². The van der Waals surface area contributed by atoms with Crippen LogP contribution < -0.4 is 5.56 Å². The Labute approximate surface area is 133 Å². The number of hydrogen-bond acceptors (Lipinski definition) is 5. The third-order valence-corrected chi connectivity index (χ3v) is 3.86. The molecule has 2 aromatic heterocycles. The maximum Gasteiger partial charge on any atom is 0.250 e. The van der Waals surface area contributed by atoms with Crippen molar-refractivity contribution in [1.82, 2.24) is 19.9 Å². The van der Waals surface area contributed by atoms with E-state index in [1.807, 2.05) is 0 Å². The van der Waals surface area contributed by atoms with Crippen molar-refractivity contribution >= 4 is 0 Å². The van der Waals surface area contributed by atoms with E-state index in [0.717, 1.165) is 18.8 Å². The molecule has 23 heavy (non-hydrogen) atoms. The highest BCUT2D eigenvalue weighted by Crippen LogP contribution is 2.15. The topological polar surface area (TPSA) is 71.1 Å². The first-order valence-electron chi connectivity index (χ1n) is 7.64. The predicted molar refractivity (Wildman–Crippen MR) is 82.3 cm³/mol. The molecule has 3 heterocycles. The van der Waals surface area contributed by atoms with E-state index in [1.54, 1.807) is 12.3 Å². The molecule has 3 rings (SSSR count). The van der Waals surface area contributed by atoms with Crippen LogP contribution in [-0.4, -0.2) is 46.2 Å². The van der Waals surface area contributed by atoms with E-state index in [4.69, 9.17) is 4.74 Å². The van der Waals surface area contributed by atoms with Crippen molar-refractivity contribution in [2.75, 3.05) is 26.3 Å². The third-order valence-electron chi connectivity index (χ3n) is 3.86. The molecular formula is C16H19FN4O2. The van der Waals surface area contributed by atoms with Gasteiger partial charge in [-0.25, -0.2) is 9.37 Å². The van der Waals surface area contributed by atoms with Crippen LogP contribution in [0.3, 0.4) is 0 Å². The van der Waals surface area contributed by atoms with Crippen LogP contribution in [0.4, 0.5) is 4.39 Å². The zero-order chi connectivity index (χ0) is 16.1. The second-order valence-corrected chi connectivity index (χ2v) is 5.71. The van der Waals surface area contributed by atoms with Crippen LogP contribution in [0.2, 0.25) is 0 Å². The highest BCUT2D eigenvalue weighted by atomic mass is 19.1. The van der Waals surface area contributed by atoms with Crippen molar-refractivity contribution in [3.8, 4) is 0 Å². The molecule has 1 saturated heterocycles. The number of nitrogens with one attached hydrogen (secondary N) is 1. The van der Waals surface area contributed by atoms with Gasteiger partial charge in [0.05, 0.1) is 25.2 Å². The Morgan fingerprint density at radius 2 is 2.35 bits per heavy atom. The molecule has 0 radical (unpaired) electrons. The lowest BCUT2D eigenvalue weighted by molar-refractivity contribution is 0.121. The largest absolute Gasteiger partial charge is 0.380 e. The Hall–Kier alpha value is -2.12. The molecule has 1 aliphatic rings. The van der Waals surface area contributed by atoms with E-state index in [0.29, 0.717) is 31.9 Å². The van der Waals surface area contributed by atoms with Gasteiger partial charge in [0.25, 0.3) is 5.56 Å². The van der Waals surface area contributed by atoms with Gasteiger partial charge in [-0.1, -0.05) is 0 Å². The Kier molecular flexibility index (Phi) is 5.09. The lowest BCUT2D eigenvalue weighted by atomic mass is 10.0. The van der Waals surface area contributed by atoms with E-state index in [1.165, 1.54) is 18.5 Å². The molecular weight excluding hydrogens is 299 g/mol. The van der Waals surface area contributed by atoms with E-state index >= 15 is 0 Å². The number of aromatic nitrogens is 3. The lowest BCUT2D eigenvalue weighted by Gasteiger charge is -2.22. The number of ether oxygens (including phenoxy) is 1. The molecule has 1 fully saturated rings. The van der Waals surface area contributed by atoms with Gasteiger partial charge in [-0.3, -0.25) is 14.7 Å². The number of H-pyrrole nitrogens is 1. The molecule has 0 saturated carbocycles. The van der Waals surface area contributed by atoms with Crippen LogP contribution in [0.1, 0.15) is 11.4 Å². The van der Waals surface area contributed by atoms with Gasteiger partial charge in [0, 0.05) is 43.5 Å². The third kappa shape index (κ3) is 4.43. The molecule has 0 aromatic carbocycles. The Morgan fingerprint density at radius 1 is 1.43 bits per heavy atom. The summed E-state index contributed by atoms with van der Waals surface area (Å²) in [5.74, 6) is -0.0796. The lowest BCUT2D eigenvalue weighted by Crippen LogP contribution is -2.31. The van der Waals surface area contributed by atoms with Crippen molar-refractivity contribution in [3.63, 3.8) is 0 Å². The summed E-state index contributed by atoms with van der Waals surface area (Å²) in [5.41, 5.74) is 1.03. The first-order valence-corrected chi connectivity index (χ1v) is 7.64. The molecule has 7 heteroatoms. The molecule has 0 bridgehead atoms. The number of aromatic amines is 1. The fourth-order valence-electron chi connectivity index (χ4n) is 2.78. The molecule has 0 amide bonds. The van der Waals surface area contributed by atoms with Crippen LogP contribution in [0.15, 0.2) is 35.5 Å². The summed E-state index contributed by atoms with van der Waals surface area (Å²) in [6.45, 7) is 3.15. The first kappa shape index (κ1) is 15.8. The maximum absolute atomic E-state index is 13.8. The fraction of sp³-hybridized carbons (Fsp3) is 0.438. The summed E-state index contributed by atoms with van der Waals surface area (Å²) in [6.07, 6.45) is 3.67. The van der Waals surface area contributed by atoms with Gasteiger partial charge in [0.15, 0.2) is 0 Å². The van der Waals surface area contributed by atoms with Crippen LogP contribution in [0.5, 0.6) is 0 Å². The summed E-state index contributed by atoms with van der Waals surface area (Å²) in [4.78, 5) is 24.3. The summed E-state index contributed by atoms with van der Waals surface area (Å²) in [7, 11) is 0. The molecule has 1 atom stereocenters. The van der Waals surface area contributed by atoms with Crippen LogP contribution in [0, 0.1) is 11.7 Å². The Bertz CT molecular complexity index is 706. The smallest absolute Gasteiger partial charge is 0.250 e. The Morgan fingerprint density at radius 3 is 3.17 bits per heavy atom. The quantitative estimate of drug-likeness (QED) is 0.910. The van der Waals surface area contributed by atoms with Gasteiger partial charge in [-0.05, 0) is 18.6 Å². The second-order valence-electron chi connectivity index (χ2n) is 5.71. The van der Waals surface area contributed by atoms with Gasteiger partial charge < -0.3 is 9.72 Å². The van der Waals surface area contributed by atoms with Gasteiger partial charge in [0.1, 0.15) is 5.82 Å². The molecule has 2 aromatic rings. The predicted octanol–water partition coefficient (Wildman–Crippen LogP) is 0.995. The minimum Gasteiger partial charge on any atom is -0.380 e. The number of rotatable bonds is 4. The average Bonchev–Trinajstić information content (AvgIpc) is 2.75. The summed E-state index contributed by atoms with van der Waals surface area (Å²) in [6, 6.07) is 4.52. The van der Waals surface area contributed by atoms with Crippen molar-refractivity contribution in [2.24, 2.45) is 5.92 Å². The SMILES string of the molecule is O=c1cc(C[C@H]2COCCN(Cc3ncccc3F)C2)nc[nH]1. The standard InChI is InChI=1S/C16H19FN4O2/c17-14-2-1-3-18-15(14)9-21-4-5-23-10-12(8-21)6-13-7-16(22)20-11-19-13/h1-3,7,11-12H,4-6,8-10H2,(H,19,20,22)/t12-/m1/s1. The molecule has 0 spiro atoms. The normalized spacial score (nSPS) is 19.4. The van der Waals surface area contributed by atoms with Gasteiger partial charge in [0.2, 0.25) is 0 Å². The minimum atomic E-state index is -0.287. The zero-order valence-corrected chi connectivity index (χ0v) is 12.7. The molecule has 122 valence electrons. The van der Waals surface area contributed by atoms with Crippen LogP contribution >= 0.6 is 0 Å². The highest BCUT2D eigenvalue weighted by molar-refractivity contribution is 5.07. The van der Waals surface area contributed by atoms with Crippen LogP contribution in [-0.2, 0) is 17.7 Å². The van der Waals surface area contributed by atoms with Gasteiger partial charge in [-0.2, -0.15) is 0 Å². The molecule has 1 aliphatic heterocycles. The highest BCUT2D eigenvalue weighted by Gasteiger charge is 2.21. The number of pyridine rings is 1. The van der Waals surface area contributed by atoms with Crippen molar-refractivity contribution in [1.29, 1.82) is 0 Å². The first-order chi connectivity index (χ1) is 11.2. The Balaban J connectivity index is 1.66. The molecule has 0 unspecified atom stereocenters. The molecule has 6 nitrogen and oxygen atoms in total. The van der Waals surface area contributed by atoms with E-state index in [9.17, 15) is 9.18 Å². The average molecular weight is 318 g/mol. The number of halogens is 1. The fourth-order valence-corrected chi connectivity index (χ4v) is 2.78. The van der Waals surface area contributed by atoms with Gasteiger partial charge in [-0.15, -0.1) is 0 Å². The van der Waals surface area contributed by atoms with E-state index in [2.05, 4.69) is 19.9 Å². The van der Waals surface area contributed by atoms with Gasteiger partial charge >= 0.3 is 0 Å². The monoisotopic (exact) mass is 318 g/mol. The maximum atomic E-state index is 13.8. The number of nitrogens with zero attached hydrogens (tertiary/aromatic N) is 3. The minimum absolute atomic E-state index is 0.156. The number of hydrogen-bond donors (Lipinski definition) is 1. The summed E-state index contributed by atoms with van der Waals surface area (Å²) in [5, 5.41) is 0. The summed E-state index contributed by atoms with van der Waals surface area (Å²) < 4.78 is 19.4. The molecule has 1 N–H and O–H groups in total. The summed E-state index contributed by atoms with van der Waals surface area (Å²) >= 11 is 0.